The molecule has 1 unspecified atom stereocenters. The largest absolute Gasteiger partial charge is 0.385 e. The van der Waals surface area contributed by atoms with E-state index in [1.807, 2.05) is 30.3 Å². The van der Waals surface area contributed by atoms with E-state index in [0.717, 1.165) is 11.9 Å². The van der Waals surface area contributed by atoms with Crippen LogP contribution in [0.5, 0.6) is 0 Å². The van der Waals surface area contributed by atoms with Crippen molar-refractivity contribution in [3.63, 3.8) is 0 Å². The van der Waals surface area contributed by atoms with Gasteiger partial charge in [-0.2, -0.15) is 4.98 Å². The molecule has 0 radical (unpaired) electrons. The Morgan fingerprint density at radius 1 is 1.30 bits per heavy atom. The smallest absolute Gasteiger partial charge is 0.228 e. The maximum atomic E-state index is 11.4. The summed E-state index contributed by atoms with van der Waals surface area (Å²) >= 11 is 0. The van der Waals surface area contributed by atoms with E-state index in [1.54, 1.807) is 6.92 Å². The third kappa shape index (κ3) is 3.80. The summed E-state index contributed by atoms with van der Waals surface area (Å²) in [5.74, 6) is 0.640. The molecule has 7 heteroatoms. The maximum absolute atomic E-state index is 11.4. The Morgan fingerprint density at radius 3 is 2.65 bits per heavy atom. The normalized spacial score (nSPS) is 13.1. The fourth-order valence-electron chi connectivity index (χ4n) is 1.60. The van der Waals surface area contributed by atoms with Crippen LogP contribution < -0.4 is 5.32 Å². The molecule has 0 fully saturated rings. The van der Waals surface area contributed by atoms with Crippen LogP contribution >= 0.6 is 0 Å². The number of nitrogens with one attached hydrogen (secondary N) is 1. The molecule has 0 saturated heterocycles. The predicted molar refractivity (Wildman–Crippen MR) is 76.2 cm³/mol. The number of hydrogen-bond donors (Lipinski definition) is 1. The summed E-state index contributed by atoms with van der Waals surface area (Å²) in [4.78, 5) is 4.11. The van der Waals surface area contributed by atoms with Crippen LogP contribution in [0.15, 0.2) is 34.9 Å². The zero-order valence-electron chi connectivity index (χ0n) is 11.4. The summed E-state index contributed by atoms with van der Waals surface area (Å²) in [6.45, 7) is 2.19. The van der Waals surface area contributed by atoms with E-state index in [-0.39, 0.29) is 5.82 Å². The lowest BCUT2D eigenvalue weighted by molar-refractivity contribution is 0.375. The summed E-state index contributed by atoms with van der Waals surface area (Å²) in [6.07, 6.45) is 1.70. The van der Waals surface area contributed by atoms with E-state index < -0.39 is 15.1 Å². The predicted octanol–water partition coefficient (Wildman–Crippen LogP) is 1.83. The van der Waals surface area contributed by atoms with Gasteiger partial charge in [0.15, 0.2) is 15.7 Å². The van der Waals surface area contributed by atoms with Gasteiger partial charge in [0.1, 0.15) is 5.25 Å². The Kier molecular flexibility index (Phi) is 4.39. The molecule has 1 atom stereocenters. The van der Waals surface area contributed by atoms with Crippen LogP contribution in [-0.4, -0.2) is 31.4 Å². The fraction of sp³-hybridized carbons (Fsp3) is 0.385. The highest BCUT2D eigenvalue weighted by Crippen LogP contribution is 2.17. The number of rotatable bonds is 6. The highest BCUT2D eigenvalue weighted by Gasteiger charge is 2.22. The number of anilines is 1. The maximum Gasteiger partial charge on any atom is 0.228 e. The first kappa shape index (κ1) is 14.5. The third-order valence-corrected chi connectivity index (χ3v) is 4.43. The highest BCUT2D eigenvalue weighted by atomic mass is 32.2. The van der Waals surface area contributed by atoms with Crippen LogP contribution in [0.1, 0.15) is 23.9 Å². The molecule has 108 valence electrons. The van der Waals surface area contributed by atoms with E-state index in [0.29, 0.717) is 18.9 Å². The van der Waals surface area contributed by atoms with Gasteiger partial charge in [0.2, 0.25) is 5.89 Å². The van der Waals surface area contributed by atoms with Crippen molar-refractivity contribution >= 4 is 15.5 Å². The number of sulfone groups is 1. The topological polar surface area (TPSA) is 85.1 Å². The van der Waals surface area contributed by atoms with Gasteiger partial charge >= 0.3 is 0 Å². The molecule has 1 aromatic heterocycles. The summed E-state index contributed by atoms with van der Waals surface area (Å²) in [5.41, 5.74) is 1.01. The lowest BCUT2D eigenvalue weighted by Crippen LogP contribution is -2.09. The second-order valence-electron chi connectivity index (χ2n) is 4.56. The molecule has 0 saturated carbocycles. The van der Waals surface area contributed by atoms with E-state index in [2.05, 4.69) is 15.5 Å². The van der Waals surface area contributed by atoms with Crippen LogP contribution in [0.25, 0.3) is 0 Å². The molecular weight excluding hydrogens is 278 g/mol. The first-order valence-electron chi connectivity index (χ1n) is 6.27. The second kappa shape index (κ2) is 6.04. The third-order valence-electron chi connectivity index (χ3n) is 2.93. The minimum absolute atomic E-state index is 0.210. The Hall–Kier alpha value is -1.89. The van der Waals surface area contributed by atoms with Gasteiger partial charge in [-0.1, -0.05) is 23.4 Å². The van der Waals surface area contributed by atoms with Crippen molar-refractivity contribution in [1.82, 2.24) is 10.1 Å². The van der Waals surface area contributed by atoms with Gasteiger partial charge < -0.3 is 9.84 Å². The summed E-state index contributed by atoms with van der Waals surface area (Å²) < 4.78 is 27.9. The Morgan fingerprint density at radius 2 is 2.00 bits per heavy atom. The fourth-order valence-corrected chi connectivity index (χ4v) is 2.07. The van der Waals surface area contributed by atoms with Crippen molar-refractivity contribution in [2.75, 3.05) is 18.1 Å². The van der Waals surface area contributed by atoms with Gasteiger partial charge in [-0.15, -0.1) is 0 Å². The minimum atomic E-state index is -3.21. The zero-order valence-corrected chi connectivity index (χ0v) is 12.2. The number of hydrogen-bond acceptors (Lipinski definition) is 6. The molecule has 0 amide bonds. The van der Waals surface area contributed by atoms with Crippen molar-refractivity contribution in [2.24, 2.45) is 0 Å². The van der Waals surface area contributed by atoms with Gasteiger partial charge in [-0.3, -0.25) is 0 Å². The number of aromatic nitrogens is 2. The Labute approximate surface area is 118 Å². The van der Waals surface area contributed by atoms with Crippen molar-refractivity contribution in [2.45, 2.75) is 18.6 Å². The van der Waals surface area contributed by atoms with E-state index in [1.165, 1.54) is 0 Å². The molecular formula is C13H17N3O3S. The number of benzene rings is 1. The number of para-hydroxylation sites is 1. The summed E-state index contributed by atoms with van der Waals surface area (Å²) in [6, 6.07) is 9.76. The van der Waals surface area contributed by atoms with Gasteiger partial charge in [0.25, 0.3) is 0 Å². The van der Waals surface area contributed by atoms with Crippen molar-refractivity contribution in [1.29, 1.82) is 0 Å². The first-order chi connectivity index (χ1) is 9.47. The zero-order chi connectivity index (χ0) is 14.6. The van der Waals surface area contributed by atoms with Crippen molar-refractivity contribution in [3.8, 4) is 0 Å². The van der Waals surface area contributed by atoms with E-state index in [9.17, 15) is 8.42 Å². The average Bonchev–Trinajstić information content (AvgIpc) is 2.87. The molecule has 20 heavy (non-hydrogen) atoms. The van der Waals surface area contributed by atoms with Crippen molar-refractivity contribution in [3.05, 3.63) is 42.0 Å². The van der Waals surface area contributed by atoms with Crippen LogP contribution in [-0.2, 0) is 16.3 Å². The lowest BCUT2D eigenvalue weighted by Gasteiger charge is -2.03. The number of nitrogens with zero attached hydrogens (tertiary/aromatic N) is 2. The van der Waals surface area contributed by atoms with E-state index in [4.69, 9.17) is 4.52 Å². The SMILES string of the molecule is CC(c1noc(CCNc2ccccc2)n1)S(C)(=O)=O. The molecule has 2 aromatic rings. The quantitative estimate of drug-likeness (QED) is 0.875. The Bertz CT molecular complexity index is 653. The molecule has 0 aliphatic heterocycles. The molecule has 1 aromatic carbocycles. The van der Waals surface area contributed by atoms with Gasteiger partial charge in [-0.25, -0.2) is 8.42 Å². The van der Waals surface area contributed by atoms with Gasteiger partial charge in [-0.05, 0) is 19.1 Å². The average molecular weight is 295 g/mol. The Balaban J connectivity index is 1.90. The summed E-state index contributed by atoms with van der Waals surface area (Å²) in [7, 11) is -3.21. The van der Waals surface area contributed by atoms with Crippen LogP contribution in [0.2, 0.25) is 0 Å². The molecule has 0 aliphatic carbocycles. The molecule has 1 heterocycles. The van der Waals surface area contributed by atoms with Gasteiger partial charge in [0, 0.05) is 24.9 Å². The monoisotopic (exact) mass is 295 g/mol. The van der Waals surface area contributed by atoms with Crippen molar-refractivity contribution < 1.29 is 12.9 Å². The summed E-state index contributed by atoms with van der Waals surface area (Å²) in [5, 5.41) is 6.18. The molecule has 1 N–H and O–H groups in total. The molecule has 0 spiro atoms. The van der Waals surface area contributed by atoms with Crippen LogP contribution in [0.4, 0.5) is 5.69 Å². The standard InChI is InChI=1S/C13H17N3O3S/c1-10(20(2,17)18)13-15-12(19-16-13)8-9-14-11-6-4-3-5-7-11/h3-7,10,14H,8-9H2,1-2H3. The first-order valence-corrected chi connectivity index (χ1v) is 8.22. The van der Waals surface area contributed by atoms with Gasteiger partial charge in [0.05, 0.1) is 0 Å². The molecule has 6 nitrogen and oxygen atoms in total. The lowest BCUT2D eigenvalue weighted by atomic mass is 10.3. The molecule has 0 aliphatic rings. The minimum Gasteiger partial charge on any atom is -0.385 e. The van der Waals surface area contributed by atoms with Crippen LogP contribution in [0.3, 0.4) is 0 Å². The second-order valence-corrected chi connectivity index (χ2v) is 6.93. The highest BCUT2D eigenvalue weighted by molar-refractivity contribution is 7.90. The molecule has 0 bridgehead atoms. The van der Waals surface area contributed by atoms with E-state index >= 15 is 0 Å². The van der Waals surface area contributed by atoms with Crippen LogP contribution in [0, 0.1) is 0 Å². The molecule has 2 rings (SSSR count).